The zero-order valence-corrected chi connectivity index (χ0v) is 21.0. The van der Waals surface area contributed by atoms with Gasteiger partial charge in [0.2, 0.25) is 17.7 Å². The number of nitrogens with one attached hydrogen (secondary N) is 4. The van der Waals surface area contributed by atoms with Gasteiger partial charge in [-0.1, -0.05) is 31.2 Å². The highest BCUT2D eigenvalue weighted by atomic mass is 16.5. The Morgan fingerprint density at radius 3 is 2.34 bits per heavy atom. The van der Waals surface area contributed by atoms with Gasteiger partial charge in [0.1, 0.15) is 23.6 Å². The number of carboxylic acid groups (broad SMARTS) is 1. The van der Waals surface area contributed by atoms with Crippen molar-refractivity contribution in [3.8, 4) is 11.5 Å². The van der Waals surface area contributed by atoms with Gasteiger partial charge in [-0.2, -0.15) is 0 Å². The van der Waals surface area contributed by atoms with Crippen LogP contribution in [-0.2, 0) is 30.4 Å². The molecular weight excluding hydrogens is 496 g/mol. The van der Waals surface area contributed by atoms with Crippen molar-refractivity contribution in [1.29, 1.82) is 0 Å². The molecule has 0 fully saturated rings. The highest BCUT2D eigenvalue weighted by Gasteiger charge is 2.29. The molecule has 2 bridgehead atoms. The fourth-order valence-electron chi connectivity index (χ4n) is 3.82. The summed E-state index contributed by atoms with van der Waals surface area (Å²) in [5.41, 5.74) is 1.29. The van der Waals surface area contributed by atoms with Crippen LogP contribution in [0.2, 0.25) is 0 Å². The quantitative estimate of drug-likeness (QED) is 0.339. The lowest BCUT2D eigenvalue weighted by molar-refractivity contribution is -0.141. The van der Waals surface area contributed by atoms with Crippen molar-refractivity contribution in [2.24, 2.45) is 0 Å². The maximum Gasteiger partial charge on any atom is 0.326 e. The number of rotatable bonds is 4. The first-order chi connectivity index (χ1) is 18.2. The average molecular weight is 527 g/mol. The van der Waals surface area contributed by atoms with E-state index in [4.69, 9.17) is 9.47 Å². The lowest BCUT2D eigenvalue weighted by Crippen LogP contribution is -2.54. The van der Waals surface area contributed by atoms with E-state index in [2.05, 4.69) is 21.3 Å². The molecule has 0 aromatic heterocycles. The van der Waals surface area contributed by atoms with Crippen LogP contribution < -0.4 is 30.7 Å². The SMILES string of the molecule is COc1cccc(C(C)C2NC(=O)CNC(=O)COc3ccc(cc3)CC(C(=O)O)NC(=O)CNC2=O)c1. The van der Waals surface area contributed by atoms with E-state index in [0.29, 0.717) is 22.6 Å². The van der Waals surface area contributed by atoms with Crippen LogP contribution in [0.5, 0.6) is 11.5 Å². The van der Waals surface area contributed by atoms with Crippen molar-refractivity contribution in [2.75, 3.05) is 26.8 Å². The molecule has 0 aliphatic carbocycles. The Kier molecular flexibility index (Phi) is 9.63. The van der Waals surface area contributed by atoms with Gasteiger partial charge in [-0.25, -0.2) is 4.79 Å². The van der Waals surface area contributed by atoms with Crippen molar-refractivity contribution >= 4 is 29.6 Å². The summed E-state index contributed by atoms with van der Waals surface area (Å²) in [6.07, 6.45) is -0.0126. The molecule has 2 aliphatic heterocycles. The molecule has 4 rings (SSSR count). The van der Waals surface area contributed by atoms with Gasteiger partial charge in [-0.15, -0.1) is 0 Å². The number of methoxy groups -OCH3 is 1. The number of benzene rings is 2. The predicted octanol–water partition coefficient (Wildman–Crippen LogP) is -0.280. The Bertz CT molecular complexity index is 1180. The van der Waals surface area contributed by atoms with Crippen molar-refractivity contribution in [2.45, 2.75) is 31.3 Å². The number of aliphatic carboxylic acids is 1. The number of ether oxygens (including phenoxy) is 2. The van der Waals surface area contributed by atoms with Crippen LogP contribution in [0.25, 0.3) is 0 Å². The maximum absolute atomic E-state index is 13.1. The highest BCUT2D eigenvalue weighted by Crippen LogP contribution is 2.23. The maximum atomic E-state index is 13.1. The first-order valence-electron chi connectivity index (χ1n) is 11.9. The van der Waals surface area contributed by atoms with Crippen LogP contribution in [0.1, 0.15) is 24.0 Å². The number of fused-ring (bicyclic) bond motifs is 16. The highest BCUT2D eigenvalue weighted by molar-refractivity contribution is 5.93. The first kappa shape index (κ1) is 28.0. The van der Waals surface area contributed by atoms with Crippen LogP contribution in [0.15, 0.2) is 48.5 Å². The Morgan fingerprint density at radius 2 is 1.66 bits per heavy atom. The molecule has 0 radical (unpaired) electrons. The summed E-state index contributed by atoms with van der Waals surface area (Å²) < 4.78 is 10.7. The smallest absolute Gasteiger partial charge is 0.326 e. The standard InChI is InChI=1S/C26H30N4O8/c1-15(17-4-3-5-19(11-17)37-2)24-25(34)28-13-21(31)29-20(26(35)36)10-16-6-8-18(9-7-16)38-14-23(33)27-12-22(32)30-24/h3-9,11,15,20,24H,10,12-14H2,1-2H3,(H,27,33)(H,28,34)(H,29,31)(H,30,32)(H,35,36). The van der Waals surface area contributed by atoms with Crippen LogP contribution >= 0.6 is 0 Å². The van der Waals surface area contributed by atoms with E-state index in [1.54, 1.807) is 55.5 Å². The molecule has 3 unspecified atom stereocenters. The van der Waals surface area contributed by atoms with E-state index in [1.807, 2.05) is 0 Å². The third kappa shape index (κ3) is 7.95. The van der Waals surface area contributed by atoms with Crippen LogP contribution in [0, 0.1) is 0 Å². The molecule has 3 atom stereocenters. The summed E-state index contributed by atoms with van der Waals surface area (Å²) in [5.74, 6) is -3.45. The van der Waals surface area contributed by atoms with Crippen molar-refractivity contribution < 1.29 is 38.6 Å². The van der Waals surface area contributed by atoms with E-state index in [-0.39, 0.29) is 13.0 Å². The van der Waals surface area contributed by atoms with E-state index < -0.39 is 60.7 Å². The van der Waals surface area contributed by atoms with Crippen LogP contribution in [-0.4, -0.2) is 73.6 Å². The predicted molar refractivity (Wildman–Crippen MR) is 135 cm³/mol. The number of hydrogen-bond acceptors (Lipinski definition) is 7. The van der Waals surface area contributed by atoms with E-state index in [9.17, 15) is 29.1 Å². The van der Waals surface area contributed by atoms with Crippen molar-refractivity contribution in [3.05, 3.63) is 59.7 Å². The van der Waals surface area contributed by atoms with Gasteiger partial charge in [0.05, 0.1) is 20.2 Å². The molecule has 0 saturated carbocycles. The number of amides is 4. The third-order valence-corrected chi connectivity index (χ3v) is 5.95. The summed E-state index contributed by atoms with van der Waals surface area (Å²) in [6, 6.07) is 10.9. The minimum absolute atomic E-state index is 0.0126. The molecule has 12 nitrogen and oxygen atoms in total. The molecule has 2 aromatic rings. The molecule has 2 aromatic carbocycles. The molecule has 38 heavy (non-hydrogen) atoms. The van der Waals surface area contributed by atoms with Gasteiger partial charge in [0.25, 0.3) is 5.91 Å². The van der Waals surface area contributed by atoms with Gasteiger partial charge < -0.3 is 35.8 Å². The number of hydrogen-bond donors (Lipinski definition) is 5. The van der Waals surface area contributed by atoms with Gasteiger partial charge in [0.15, 0.2) is 6.61 Å². The second kappa shape index (κ2) is 13.1. The molecule has 2 heterocycles. The van der Waals surface area contributed by atoms with E-state index in [0.717, 1.165) is 0 Å². The largest absolute Gasteiger partial charge is 0.497 e. The first-order valence-corrected chi connectivity index (χ1v) is 11.9. The molecule has 202 valence electrons. The molecule has 0 saturated heterocycles. The molecule has 4 amide bonds. The second-order valence-electron chi connectivity index (χ2n) is 8.70. The number of carbonyl (C=O) groups excluding carboxylic acids is 4. The summed E-state index contributed by atoms with van der Waals surface area (Å²) in [4.78, 5) is 62.2. The topological polar surface area (TPSA) is 172 Å². The van der Waals surface area contributed by atoms with E-state index >= 15 is 0 Å². The summed E-state index contributed by atoms with van der Waals surface area (Å²) in [6.45, 7) is 0.441. The minimum atomic E-state index is -1.25. The fraction of sp³-hybridized carbons (Fsp3) is 0.346. The lowest BCUT2D eigenvalue weighted by Gasteiger charge is -2.25. The van der Waals surface area contributed by atoms with Crippen molar-refractivity contribution in [3.63, 3.8) is 0 Å². The Hall–Kier alpha value is -4.61. The molecule has 2 aliphatic rings. The second-order valence-corrected chi connectivity index (χ2v) is 8.70. The van der Waals surface area contributed by atoms with E-state index in [1.165, 1.54) is 7.11 Å². The Balaban J connectivity index is 1.83. The Labute approximate surface area is 219 Å². The number of carbonyl (C=O) groups is 5. The van der Waals surface area contributed by atoms with Gasteiger partial charge in [-0.3, -0.25) is 19.2 Å². The monoisotopic (exact) mass is 526 g/mol. The van der Waals surface area contributed by atoms with Crippen LogP contribution in [0.4, 0.5) is 0 Å². The summed E-state index contributed by atoms with van der Waals surface area (Å²) >= 11 is 0. The lowest BCUT2D eigenvalue weighted by atomic mass is 9.92. The normalized spacial score (nSPS) is 20.3. The number of carboxylic acids is 1. The average Bonchev–Trinajstić information content (AvgIpc) is 2.91. The van der Waals surface area contributed by atoms with Crippen molar-refractivity contribution in [1.82, 2.24) is 21.3 Å². The third-order valence-electron chi connectivity index (χ3n) is 5.95. The minimum Gasteiger partial charge on any atom is -0.497 e. The van der Waals surface area contributed by atoms with Gasteiger partial charge in [0, 0.05) is 12.3 Å². The molecule has 12 heteroatoms. The van der Waals surface area contributed by atoms with Crippen LogP contribution in [0.3, 0.4) is 0 Å². The summed E-state index contributed by atoms with van der Waals surface area (Å²) in [7, 11) is 1.50. The zero-order chi connectivity index (χ0) is 27.7. The Morgan fingerprint density at radius 1 is 0.974 bits per heavy atom. The zero-order valence-electron chi connectivity index (χ0n) is 21.0. The van der Waals surface area contributed by atoms with Gasteiger partial charge in [-0.05, 0) is 35.4 Å². The fourth-order valence-corrected chi connectivity index (χ4v) is 3.82. The summed E-state index contributed by atoms with van der Waals surface area (Å²) in [5, 5.41) is 19.5. The molecular formula is C26H30N4O8. The van der Waals surface area contributed by atoms with Gasteiger partial charge >= 0.3 is 5.97 Å². The molecule has 5 N–H and O–H groups in total. The molecule has 0 spiro atoms.